The van der Waals surface area contributed by atoms with Gasteiger partial charge in [-0.25, -0.2) is 14.4 Å². The zero-order chi connectivity index (χ0) is 33.9. The van der Waals surface area contributed by atoms with E-state index in [1.165, 1.54) is 25.6 Å². The number of pyridine rings is 1. The van der Waals surface area contributed by atoms with Crippen molar-refractivity contribution in [2.24, 2.45) is 0 Å². The van der Waals surface area contributed by atoms with Crippen LogP contribution >= 0.6 is 0 Å². The molecule has 1 aromatic carbocycles. The number of benzene rings is 1. The Morgan fingerprint density at radius 2 is 1.70 bits per heavy atom. The van der Waals surface area contributed by atoms with Crippen molar-refractivity contribution in [1.82, 2.24) is 35.1 Å². The summed E-state index contributed by atoms with van der Waals surface area (Å²) < 4.78 is 35.2. The molecule has 0 radical (unpaired) electrons. The lowest BCUT2D eigenvalue weighted by Gasteiger charge is -2.29. The van der Waals surface area contributed by atoms with Crippen LogP contribution in [0.25, 0.3) is 24.1 Å². The van der Waals surface area contributed by atoms with Gasteiger partial charge in [-0.15, -0.1) is 0 Å². The molecule has 47 heavy (non-hydrogen) atoms. The molecule has 1 aliphatic rings. The SMILES string of the molecule is C=c1cc(C)[nH]c1=C.CCCN(C)CC.Cc1cc2c(F)c(Oc3ncnc(Nc4ccc(N5CCNCC5)cn4)c3F)ccc2[nH]1. The Hall–Kier alpha value is -4.81. The number of H-pyrrole nitrogens is 2. The lowest BCUT2D eigenvalue weighted by Crippen LogP contribution is -2.43. The van der Waals surface area contributed by atoms with Crippen LogP contribution in [0.2, 0.25) is 0 Å². The average Bonchev–Trinajstić information content (AvgIpc) is 3.60. The fourth-order valence-corrected chi connectivity index (χ4v) is 4.92. The molecule has 5 aromatic rings. The third kappa shape index (κ3) is 9.60. The first-order chi connectivity index (χ1) is 22.6. The van der Waals surface area contributed by atoms with Crippen LogP contribution < -0.4 is 30.8 Å². The van der Waals surface area contributed by atoms with Crippen LogP contribution in [0.4, 0.5) is 26.1 Å². The number of fused-ring (bicyclic) bond motifs is 1. The molecule has 5 heterocycles. The van der Waals surface area contributed by atoms with E-state index in [1.807, 2.05) is 26.0 Å². The Balaban J connectivity index is 0.000000276. The van der Waals surface area contributed by atoms with Gasteiger partial charge in [0.1, 0.15) is 12.1 Å². The molecule has 0 aliphatic carbocycles. The number of aromatic amines is 2. The van der Waals surface area contributed by atoms with E-state index in [0.717, 1.165) is 60.1 Å². The Labute approximate surface area is 274 Å². The third-order valence-electron chi connectivity index (χ3n) is 7.55. The third-order valence-corrected chi connectivity index (χ3v) is 7.55. The van der Waals surface area contributed by atoms with Crippen molar-refractivity contribution >= 4 is 41.4 Å². The van der Waals surface area contributed by atoms with Crippen LogP contribution in [0, 0.1) is 25.5 Å². The maximum Gasteiger partial charge on any atom is 0.261 e. The number of hydrogen-bond donors (Lipinski definition) is 4. The maximum atomic E-state index is 15.0. The van der Waals surface area contributed by atoms with Crippen molar-refractivity contribution in [1.29, 1.82) is 0 Å². The lowest BCUT2D eigenvalue weighted by molar-refractivity contribution is 0.353. The van der Waals surface area contributed by atoms with Gasteiger partial charge in [0.2, 0.25) is 5.82 Å². The molecule has 4 N–H and O–H groups in total. The van der Waals surface area contributed by atoms with Gasteiger partial charge in [-0.1, -0.05) is 27.0 Å². The predicted molar refractivity (Wildman–Crippen MR) is 187 cm³/mol. The molecule has 0 atom stereocenters. The van der Waals surface area contributed by atoms with Gasteiger partial charge < -0.3 is 35.1 Å². The average molecular weight is 646 g/mol. The van der Waals surface area contributed by atoms with Crippen molar-refractivity contribution in [3.63, 3.8) is 0 Å². The van der Waals surface area contributed by atoms with Crippen LogP contribution in [0.15, 0.2) is 48.9 Å². The second-order valence-corrected chi connectivity index (χ2v) is 11.4. The van der Waals surface area contributed by atoms with Crippen molar-refractivity contribution in [2.45, 2.75) is 34.1 Å². The van der Waals surface area contributed by atoms with Crippen molar-refractivity contribution < 1.29 is 13.5 Å². The molecular weight excluding hydrogens is 600 g/mol. The topological polar surface area (TPSA) is 110 Å². The molecule has 0 unspecified atom stereocenters. The van der Waals surface area contributed by atoms with Gasteiger partial charge in [0.15, 0.2) is 17.4 Å². The molecule has 1 aliphatic heterocycles. The highest BCUT2D eigenvalue weighted by Crippen LogP contribution is 2.32. The number of rotatable bonds is 8. The second-order valence-electron chi connectivity index (χ2n) is 11.4. The summed E-state index contributed by atoms with van der Waals surface area (Å²) in [6.07, 6.45) is 4.14. The Morgan fingerprint density at radius 3 is 2.28 bits per heavy atom. The molecular formula is C35H45F2N9O. The van der Waals surface area contributed by atoms with Gasteiger partial charge in [-0.2, -0.15) is 9.37 Å². The maximum absolute atomic E-state index is 15.0. The van der Waals surface area contributed by atoms with E-state index < -0.39 is 11.6 Å². The number of hydrogen-bond acceptors (Lipinski definition) is 8. The molecule has 1 saturated heterocycles. The van der Waals surface area contributed by atoms with Crippen LogP contribution in [0.1, 0.15) is 31.7 Å². The monoisotopic (exact) mass is 645 g/mol. The zero-order valence-corrected chi connectivity index (χ0v) is 27.9. The summed E-state index contributed by atoms with van der Waals surface area (Å²) in [5.41, 5.74) is 3.56. The van der Waals surface area contributed by atoms with Crippen molar-refractivity contribution in [3.8, 4) is 11.6 Å². The second kappa shape index (κ2) is 16.7. The van der Waals surface area contributed by atoms with Gasteiger partial charge in [-0.3, -0.25) is 0 Å². The first-order valence-corrected chi connectivity index (χ1v) is 15.8. The van der Waals surface area contributed by atoms with Crippen molar-refractivity contribution in [2.75, 3.05) is 56.5 Å². The lowest BCUT2D eigenvalue weighted by atomic mass is 10.2. The fourth-order valence-electron chi connectivity index (χ4n) is 4.92. The van der Waals surface area contributed by atoms with Gasteiger partial charge in [0, 0.05) is 53.8 Å². The Kier molecular flexibility index (Phi) is 12.4. The first-order valence-electron chi connectivity index (χ1n) is 15.8. The Morgan fingerprint density at radius 1 is 0.957 bits per heavy atom. The molecule has 0 saturated carbocycles. The molecule has 250 valence electrons. The number of anilines is 3. The van der Waals surface area contributed by atoms with E-state index in [9.17, 15) is 8.78 Å². The molecule has 10 nitrogen and oxygen atoms in total. The number of nitrogens with one attached hydrogen (secondary N) is 4. The first kappa shape index (κ1) is 35.1. The van der Waals surface area contributed by atoms with Crippen LogP contribution in [-0.4, -0.2) is 76.1 Å². The molecule has 1 fully saturated rings. The molecule has 0 spiro atoms. The quantitative estimate of drug-likeness (QED) is 0.178. The van der Waals surface area contributed by atoms with Crippen molar-refractivity contribution in [3.05, 3.63) is 82.5 Å². The van der Waals surface area contributed by atoms with Gasteiger partial charge >= 0.3 is 0 Å². The summed E-state index contributed by atoms with van der Waals surface area (Å²) in [4.78, 5) is 22.7. The molecule has 12 heteroatoms. The molecule has 0 bridgehead atoms. The van der Waals surface area contributed by atoms with E-state index in [-0.39, 0.29) is 17.4 Å². The highest BCUT2D eigenvalue weighted by Gasteiger charge is 2.18. The molecule has 6 rings (SSSR count). The summed E-state index contributed by atoms with van der Waals surface area (Å²) in [7, 11) is 2.14. The summed E-state index contributed by atoms with van der Waals surface area (Å²) in [6, 6.07) is 10.4. The number of halogens is 2. The minimum atomic E-state index is -0.842. The number of ether oxygens (including phenoxy) is 1. The van der Waals surface area contributed by atoms with Gasteiger partial charge in [-0.05, 0) is 82.0 Å². The summed E-state index contributed by atoms with van der Waals surface area (Å²) in [5.74, 6) is -1.64. The minimum Gasteiger partial charge on any atom is -0.433 e. The number of nitrogens with zero attached hydrogens (tertiary/aromatic N) is 5. The normalized spacial score (nSPS) is 12.7. The number of piperazine rings is 1. The highest BCUT2D eigenvalue weighted by molar-refractivity contribution is 5.82. The van der Waals surface area contributed by atoms with Crippen LogP contribution in [0.3, 0.4) is 0 Å². The highest BCUT2D eigenvalue weighted by atomic mass is 19.1. The van der Waals surface area contributed by atoms with Crippen LogP contribution in [-0.2, 0) is 0 Å². The largest absolute Gasteiger partial charge is 0.433 e. The van der Waals surface area contributed by atoms with E-state index in [4.69, 9.17) is 4.74 Å². The van der Waals surface area contributed by atoms with E-state index >= 15 is 0 Å². The Bertz CT molecular complexity index is 1810. The summed E-state index contributed by atoms with van der Waals surface area (Å²) >= 11 is 0. The van der Waals surface area contributed by atoms with E-state index in [2.05, 4.69) is 79.4 Å². The number of aryl methyl sites for hydroxylation is 2. The molecule has 4 aromatic heterocycles. The fraction of sp³-hybridized carbons (Fsp3) is 0.343. The number of aromatic nitrogens is 5. The van der Waals surface area contributed by atoms with E-state index in [1.54, 1.807) is 24.4 Å². The zero-order valence-electron chi connectivity index (χ0n) is 27.9. The predicted octanol–water partition coefficient (Wildman–Crippen LogP) is 5.38. The summed E-state index contributed by atoms with van der Waals surface area (Å²) in [5, 5.41) is 8.40. The summed E-state index contributed by atoms with van der Waals surface area (Å²) in [6.45, 7) is 21.7. The van der Waals surface area contributed by atoms with Crippen LogP contribution in [0.5, 0.6) is 11.6 Å². The van der Waals surface area contributed by atoms with Gasteiger partial charge in [0.25, 0.3) is 5.88 Å². The minimum absolute atomic E-state index is 0.114. The van der Waals surface area contributed by atoms with E-state index in [0.29, 0.717) is 16.7 Å². The standard InChI is InChI=1S/C22H21F2N7O.C7H9N.C6H15N/c1-13-10-15-16(29-13)3-4-17(19(15)23)32-22-20(24)21(27-12-28-22)30-18-5-2-14(11-26-18)31-8-6-25-7-9-31;1-5-4-6(2)8-7(5)3;1-4-6-7(3)5-2/h2-5,10-12,25,29H,6-9H2,1H3,(H,26,27,28,30);4,8H,1,3H2,2H3;4-6H2,1-3H3. The van der Waals surface area contributed by atoms with Gasteiger partial charge in [0.05, 0.1) is 11.9 Å². The molecule has 0 amide bonds. The smallest absolute Gasteiger partial charge is 0.261 e.